The fourth-order valence-electron chi connectivity index (χ4n) is 1.77. The van der Waals surface area contributed by atoms with Crippen molar-refractivity contribution in [3.8, 4) is 0 Å². The lowest BCUT2D eigenvalue weighted by atomic mass is 10.1. The van der Waals surface area contributed by atoms with Crippen LogP contribution in [0.15, 0.2) is 24.4 Å². The zero-order chi connectivity index (χ0) is 10.4. The maximum Gasteiger partial charge on any atom is 0.222 e. The summed E-state index contributed by atoms with van der Waals surface area (Å²) in [6.45, 7) is 0. The van der Waals surface area contributed by atoms with E-state index in [1.165, 1.54) is 0 Å². The first-order valence-electron chi connectivity index (χ1n) is 4.54. The summed E-state index contributed by atoms with van der Waals surface area (Å²) < 4.78 is 0. The summed E-state index contributed by atoms with van der Waals surface area (Å²) in [6, 6.07) is 5.79. The van der Waals surface area contributed by atoms with Gasteiger partial charge < -0.3 is 16.5 Å². The Bertz CT molecular complexity index is 655. The number of rotatable bonds is 0. The number of hydrogen-bond donors (Lipinski definition) is 3. The van der Waals surface area contributed by atoms with Crippen LogP contribution in [0.1, 0.15) is 0 Å². The van der Waals surface area contributed by atoms with Crippen molar-refractivity contribution in [2.75, 3.05) is 11.5 Å². The molecule has 0 amide bonds. The number of benzene rings is 1. The molecule has 2 aromatic heterocycles. The van der Waals surface area contributed by atoms with Crippen LogP contribution in [0, 0.1) is 0 Å². The minimum absolute atomic E-state index is 0.203. The predicted octanol–water partition coefficient (Wildman–Crippen LogP) is 1.28. The molecule has 0 fully saturated rings. The van der Waals surface area contributed by atoms with Gasteiger partial charge in [0.2, 0.25) is 5.95 Å². The van der Waals surface area contributed by atoms with Crippen LogP contribution in [-0.4, -0.2) is 15.0 Å². The number of nitrogens with one attached hydrogen (secondary N) is 1. The van der Waals surface area contributed by atoms with Crippen LogP contribution in [0.25, 0.3) is 21.8 Å². The van der Waals surface area contributed by atoms with Gasteiger partial charge in [-0.1, -0.05) is 0 Å². The SMILES string of the molecule is Nc1nc(N)c2ccc3[nH]ccc3c2n1. The molecule has 2 heterocycles. The van der Waals surface area contributed by atoms with E-state index in [1.807, 2.05) is 24.4 Å². The van der Waals surface area contributed by atoms with Gasteiger partial charge in [0.25, 0.3) is 0 Å². The Labute approximate surface area is 85.1 Å². The molecule has 5 N–H and O–H groups in total. The van der Waals surface area contributed by atoms with Gasteiger partial charge in [0, 0.05) is 22.5 Å². The van der Waals surface area contributed by atoms with Crippen LogP contribution in [0.3, 0.4) is 0 Å². The van der Waals surface area contributed by atoms with Crippen molar-refractivity contribution in [1.82, 2.24) is 15.0 Å². The van der Waals surface area contributed by atoms with E-state index in [4.69, 9.17) is 11.5 Å². The first kappa shape index (κ1) is 8.05. The molecule has 0 spiro atoms. The Balaban J connectivity index is 2.61. The van der Waals surface area contributed by atoms with Crippen LogP contribution in [0.2, 0.25) is 0 Å². The smallest absolute Gasteiger partial charge is 0.222 e. The third kappa shape index (κ3) is 1.03. The average Bonchev–Trinajstić information content (AvgIpc) is 2.65. The molecule has 0 aliphatic rings. The molecule has 74 valence electrons. The third-order valence-electron chi connectivity index (χ3n) is 2.44. The first-order chi connectivity index (χ1) is 7.25. The molecular weight excluding hydrogens is 190 g/mol. The largest absolute Gasteiger partial charge is 0.383 e. The number of fused-ring (bicyclic) bond motifs is 3. The average molecular weight is 199 g/mol. The zero-order valence-corrected chi connectivity index (χ0v) is 7.86. The molecule has 5 heteroatoms. The van der Waals surface area contributed by atoms with Crippen molar-refractivity contribution in [2.45, 2.75) is 0 Å². The molecule has 3 rings (SSSR count). The Kier molecular flexibility index (Phi) is 1.39. The lowest BCUT2D eigenvalue weighted by molar-refractivity contribution is 1.25. The van der Waals surface area contributed by atoms with E-state index in [-0.39, 0.29) is 5.95 Å². The van der Waals surface area contributed by atoms with Crippen LogP contribution < -0.4 is 11.5 Å². The minimum atomic E-state index is 0.203. The standard InChI is InChI=1S/C10H9N5/c11-9-6-1-2-7-5(3-4-13-7)8(6)14-10(12)15-9/h1-4,13H,(H4,11,12,14,15). The third-order valence-corrected chi connectivity index (χ3v) is 2.44. The maximum absolute atomic E-state index is 5.78. The molecule has 5 nitrogen and oxygen atoms in total. The summed E-state index contributed by atoms with van der Waals surface area (Å²) >= 11 is 0. The van der Waals surface area contributed by atoms with Crippen molar-refractivity contribution in [2.24, 2.45) is 0 Å². The quantitative estimate of drug-likeness (QED) is 0.508. The number of nitrogen functional groups attached to an aromatic ring is 2. The Hall–Kier alpha value is -2.30. The number of nitrogens with zero attached hydrogens (tertiary/aromatic N) is 2. The van der Waals surface area contributed by atoms with Crippen LogP contribution in [0.4, 0.5) is 11.8 Å². The first-order valence-corrected chi connectivity index (χ1v) is 4.54. The molecule has 0 saturated carbocycles. The van der Waals surface area contributed by atoms with E-state index in [2.05, 4.69) is 15.0 Å². The van der Waals surface area contributed by atoms with Gasteiger partial charge in [-0.25, -0.2) is 4.98 Å². The van der Waals surface area contributed by atoms with E-state index in [9.17, 15) is 0 Å². The predicted molar refractivity (Wildman–Crippen MR) is 60.2 cm³/mol. The highest BCUT2D eigenvalue weighted by atomic mass is 15.0. The number of hydrogen-bond acceptors (Lipinski definition) is 4. The summed E-state index contributed by atoms with van der Waals surface area (Å²) in [5.74, 6) is 0.620. The zero-order valence-electron chi connectivity index (χ0n) is 7.86. The van der Waals surface area contributed by atoms with Gasteiger partial charge in [0.1, 0.15) is 5.82 Å². The fraction of sp³-hybridized carbons (Fsp3) is 0. The van der Waals surface area contributed by atoms with Gasteiger partial charge in [-0.2, -0.15) is 4.98 Å². The summed E-state index contributed by atoms with van der Waals surface area (Å²) in [5.41, 5.74) is 13.2. The summed E-state index contributed by atoms with van der Waals surface area (Å²) in [5, 5.41) is 1.84. The molecule has 0 bridgehead atoms. The van der Waals surface area contributed by atoms with E-state index < -0.39 is 0 Å². The Morgan fingerprint density at radius 3 is 2.73 bits per heavy atom. The summed E-state index contributed by atoms with van der Waals surface area (Å²) in [6.07, 6.45) is 1.86. The molecule has 0 saturated heterocycles. The van der Waals surface area contributed by atoms with Crippen LogP contribution in [-0.2, 0) is 0 Å². The van der Waals surface area contributed by atoms with E-state index >= 15 is 0 Å². The second kappa shape index (κ2) is 2.60. The maximum atomic E-state index is 5.78. The van der Waals surface area contributed by atoms with E-state index in [0.29, 0.717) is 5.82 Å². The minimum Gasteiger partial charge on any atom is -0.383 e. The second-order valence-electron chi connectivity index (χ2n) is 3.37. The number of aromatic amines is 1. The van der Waals surface area contributed by atoms with Gasteiger partial charge in [-0.15, -0.1) is 0 Å². The van der Waals surface area contributed by atoms with E-state index in [1.54, 1.807) is 0 Å². The van der Waals surface area contributed by atoms with Crippen molar-refractivity contribution in [1.29, 1.82) is 0 Å². The van der Waals surface area contributed by atoms with Crippen molar-refractivity contribution in [3.05, 3.63) is 24.4 Å². The molecule has 0 aliphatic carbocycles. The number of aromatic nitrogens is 3. The van der Waals surface area contributed by atoms with Gasteiger partial charge in [0.15, 0.2) is 0 Å². The van der Waals surface area contributed by atoms with Crippen LogP contribution in [0.5, 0.6) is 0 Å². The van der Waals surface area contributed by atoms with Crippen molar-refractivity contribution in [3.63, 3.8) is 0 Å². The molecule has 0 atom stereocenters. The summed E-state index contributed by atoms with van der Waals surface area (Å²) in [7, 11) is 0. The van der Waals surface area contributed by atoms with E-state index in [0.717, 1.165) is 21.8 Å². The Morgan fingerprint density at radius 2 is 1.87 bits per heavy atom. The lowest BCUT2D eigenvalue weighted by Gasteiger charge is -2.02. The number of anilines is 2. The normalized spacial score (nSPS) is 11.2. The molecule has 0 aliphatic heterocycles. The molecule has 0 unspecified atom stereocenters. The van der Waals surface area contributed by atoms with Gasteiger partial charge in [0.05, 0.1) is 5.52 Å². The molecular formula is C10H9N5. The second-order valence-corrected chi connectivity index (χ2v) is 3.37. The van der Waals surface area contributed by atoms with Gasteiger partial charge >= 0.3 is 0 Å². The summed E-state index contributed by atoms with van der Waals surface area (Å²) in [4.78, 5) is 11.2. The van der Waals surface area contributed by atoms with Crippen LogP contribution >= 0.6 is 0 Å². The lowest BCUT2D eigenvalue weighted by Crippen LogP contribution is -2.00. The highest BCUT2D eigenvalue weighted by Gasteiger charge is 2.07. The molecule has 3 aromatic rings. The van der Waals surface area contributed by atoms with Gasteiger partial charge in [-0.3, -0.25) is 0 Å². The monoisotopic (exact) mass is 199 g/mol. The highest BCUT2D eigenvalue weighted by Crippen LogP contribution is 2.26. The number of nitrogens with two attached hydrogens (primary N) is 2. The highest BCUT2D eigenvalue weighted by molar-refractivity contribution is 6.07. The van der Waals surface area contributed by atoms with Gasteiger partial charge in [-0.05, 0) is 18.2 Å². The fourth-order valence-corrected chi connectivity index (χ4v) is 1.77. The molecule has 15 heavy (non-hydrogen) atoms. The van der Waals surface area contributed by atoms with Crippen molar-refractivity contribution >= 4 is 33.6 Å². The topological polar surface area (TPSA) is 93.6 Å². The molecule has 1 aromatic carbocycles. The molecule has 0 radical (unpaired) electrons. The van der Waals surface area contributed by atoms with Crippen molar-refractivity contribution < 1.29 is 0 Å². The Morgan fingerprint density at radius 1 is 1.00 bits per heavy atom. The number of H-pyrrole nitrogens is 1.